The summed E-state index contributed by atoms with van der Waals surface area (Å²) in [4.78, 5) is 32.3. The number of benzene rings is 1. The molecule has 5 N–H and O–H groups in total. The molecule has 0 radical (unpaired) electrons. The third-order valence-electron chi connectivity index (χ3n) is 4.19. The Bertz CT molecular complexity index is 1020. The number of nitrogens with zero attached hydrogens (tertiary/aromatic N) is 2. The summed E-state index contributed by atoms with van der Waals surface area (Å²) in [5.74, 6) is -0.781. The third-order valence-corrected chi connectivity index (χ3v) is 4.70. The van der Waals surface area contributed by atoms with Crippen molar-refractivity contribution < 1.29 is 19.1 Å². The van der Waals surface area contributed by atoms with Gasteiger partial charge in [0.25, 0.3) is 5.91 Å². The number of hydrogen-bond acceptors (Lipinski definition) is 7. The van der Waals surface area contributed by atoms with Crippen LogP contribution in [-0.4, -0.2) is 53.7 Å². The molecule has 3 rings (SSSR count). The van der Waals surface area contributed by atoms with E-state index >= 15 is 0 Å². The van der Waals surface area contributed by atoms with Crippen LogP contribution in [-0.2, 0) is 11.3 Å². The molecule has 0 aliphatic carbocycles. The van der Waals surface area contributed by atoms with Gasteiger partial charge in [-0.15, -0.1) is 0 Å². The maximum absolute atomic E-state index is 13.1. The van der Waals surface area contributed by atoms with Crippen LogP contribution in [0.5, 0.6) is 5.75 Å². The highest BCUT2D eigenvalue weighted by atomic mass is 35.5. The summed E-state index contributed by atoms with van der Waals surface area (Å²) in [5.41, 5.74) is 1.05. The van der Waals surface area contributed by atoms with Gasteiger partial charge >= 0.3 is 0 Å². The molecule has 2 heterocycles. The van der Waals surface area contributed by atoms with E-state index in [0.29, 0.717) is 22.2 Å². The minimum absolute atomic E-state index is 0.0172. The zero-order chi connectivity index (χ0) is 22.4. The van der Waals surface area contributed by atoms with Crippen LogP contribution in [0.2, 0.25) is 10.0 Å². The van der Waals surface area contributed by atoms with Crippen molar-refractivity contribution in [2.75, 3.05) is 25.0 Å². The second-order valence-electron chi connectivity index (χ2n) is 6.61. The van der Waals surface area contributed by atoms with E-state index in [1.807, 2.05) is 0 Å². The van der Waals surface area contributed by atoms with Gasteiger partial charge in [-0.2, -0.15) is 0 Å². The average molecular weight is 469 g/mol. The summed E-state index contributed by atoms with van der Waals surface area (Å²) in [6, 6.07) is 4.39. The average Bonchev–Trinajstić information content (AvgIpc) is 2.75. The smallest absolute Gasteiger partial charge is 0.253 e. The molecule has 1 unspecified atom stereocenters. The van der Waals surface area contributed by atoms with E-state index in [9.17, 15) is 19.1 Å². The summed E-state index contributed by atoms with van der Waals surface area (Å²) in [5, 5.41) is 21.0. The van der Waals surface area contributed by atoms with E-state index < -0.39 is 18.0 Å². The molecule has 12 heteroatoms. The van der Waals surface area contributed by atoms with Gasteiger partial charge in [-0.1, -0.05) is 23.2 Å². The number of carbonyl (C=O) groups is 2. The fourth-order valence-corrected chi connectivity index (χ4v) is 3.18. The molecule has 0 fully saturated rings. The van der Waals surface area contributed by atoms with Gasteiger partial charge in [0.05, 0.1) is 42.1 Å². The number of phenols is 1. The van der Waals surface area contributed by atoms with Crippen LogP contribution >= 0.6 is 23.2 Å². The quantitative estimate of drug-likeness (QED) is 0.440. The third kappa shape index (κ3) is 6.43. The summed E-state index contributed by atoms with van der Waals surface area (Å²) >= 11 is 11.7. The van der Waals surface area contributed by atoms with Crippen molar-refractivity contribution in [3.63, 3.8) is 0 Å². The van der Waals surface area contributed by atoms with Gasteiger partial charge in [0.15, 0.2) is 5.96 Å². The second-order valence-corrected chi connectivity index (χ2v) is 7.45. The summed E-state index contributed by atoms with van der Waals surface area (Å²) < 4.78 is 13.1. The van der Waals surface area contributed by atoms with Crippen molar-refractivity contribution in [2.45, 2.75) is 12.7 Å². The predicted molar refractivity (Wildman–Crippen MR) is 115 cm³/mol. The largest absolute Gasteiger partial charge is 0.506 e. The number of phenolic OH excluding ortho intramolecular Hbond substituents is 1. The normalized spacial score (nSPS) is 15.5. The summed E-state index contributed by atoms with van der Waals surface area (Å²) in [6.45, 7) is -0.112. The van der Waals surface area contributed by atoms with E-state index in [0.717, 1.165) is 0 Å². The lowest BCUT2D eigenvalue weighted by atomic mass is 10.2. The van der Waals surface area contributed by atoms with Crippen molar-refractivity contribution >= 4 is 46.7 Å². The fourth-order valence-electron chi connectivity index (χ4n) is 2.64. The van der Waals surface area contributed by atoms with Crippen LogP contribution in [0.4, 0.5) is 10.1 Å². The lowest BCUT2D eigenvalue weighted by Crippen LogP contribution is -2.41. The van der Waals surface area contributed by atoms with Crippen molar-refractivity contribution in [3.8, 4) is 5.75 Å². The molecule has 1 atom stereocenters. The number of nitrogens with one attached hydrogen (secondary N) is 4. The van der Waals surface area contributed by atoms with Gasteiger partial charge in [0.2, 0.25) is 5.91 Å². The van der Waals surface area contributed by atoms with Gasteiger partial charge in [0.1, 0.15) is 11.9 Å². The number of aliphatic imine (C=N–C) groups is 1. The molecule has 1 aliphatic rings. The minimum atomic E-state index is -1.04. The molecule has 2 amide bonds. The van der Waals surface area contributed by atoms with Crippen LogP contribution in [0.25, 0.3) is 0 Å². The number of rotatable bonds is 6. The number of guanidine groups is 1. The van der Waals surface area contributed by atoms with Crippen LogP contribution < -0.4 is 21.3 Å². The molecule has 9 nitrogen and oxygen atoms in total. The summed E-state index contributed by atoms with van der Waals surface area (Å²) in [6.07, 6.45) is 1.79. The lowest BCUT2D eigenvalue weighted by molar-refractivity contribution is -0.120. The Hall–Kier alpha value is -3.11. The summed E-state index contributed by atoms with van der Waals surface area (Å²) in [7, 11) is 0. The van der Waals surface area contributed by atoms with Crippen molar-refractivity contribution in [3.05, 3.63) is 51.8 Å². The first-order chi connectivity index (χ1) is 14.8. The monoisotopic (exact) mass is 468 g/mol. The number of carbonyl (C=O) groups excluding carboxylic acids is 2. The molecule has 0 bridgehead atoms. The number of halogens is 3. The van der Waals surface area contributed by atoms with Crippen molar-refractivity contribution in [1.82, 2.24) is 20.9 Å². The molecule has 1 aromatic heterocycles. The maximum Gasteiger partial charge on any atom is 0.253 e. The number of pyridine rings is 1. The van der Waals surface area contributed by atoms with Crippen LogP contribution in [0, 0.1) is 0 Å². The predicted octanol–water partition coefficient (Wildman–Crippen LogP) is 1.85. The molecule has 31 heavy (non-hydrogen) atoms. The highest BCUT2D eigenvalue weighted by molar-refractivity contribution is 6.35. The molecule has 1 aliphatic heterocycles. The molecule has 0 saturated heterocycles. The van der Waals surface area contributed by atoms with Gasteiger partial charge in [-0.05, 0) is 18.2 Å². The fraction of sp³-hybridized carbons (Fsp3) is 0.263. The Balaban J connectivity index is 1.51. The Labute approximate surface area is 187 Å². The van der Waals surface area contributed by atoms with E-state index in [4.69, 9.17) is 23.2 Å². The van der Waals surface area contributed by atoms with E-state index in [-0.39, 0.29) is 42.5 Å². The van der Waals surface area contributed by atoms with Crippen molar-refractivity contribution in [1.29, 1.82) is 0 Å². The van der Waals surface area contributed by atoms with Crippen LogP contribution in [0.1, 0.15) is 15.9 Å². The first-order valence-corrected chi connectivity index (χ1v) is 9.93. The van der Waals surface area contributed by atoms with Crippen molar-refractivity contribution in [2.24, 2.45) is 4.99 Å². The van der Waals surface area contributed by atoms with Crippen LogP contribution in [0.3, 0.4) is 0 Å². The minimum Gasteiger partial charge on any atom is -0.506 e. The molecular formula is C19H19Cl2FN6O3. The SMILES string of the molecule is O=C(CNC(=O)c1cncc(NC2=NCC(F)CN2)c1)NCc1cc(Cl)cc(Cl)c1O. The van der Waals surface area contributed by atoms with E-state index in [1.54, 1.807) is 0 Å². The first kappa shape index (κ1) is 22.6. The zero-order valence-electron chi connectivity index (χ0n) is 16.1. The van der Waals surface area contributed by atoms with Gasteiger partial charge in [-0.3, -0.25) is 14.6 Å². The number of aromatic hydroxyl groups is 1. The number of amides is 2. The topological polar surface area (TPSA) is 128 Å². The molecule has 164 valence electrons. The lowest BCUT2D eigenvalue weighted by Gasteiger charge is -2.18. The highest BCUT2D eigenvalue weighted by Crippen LogP contribution is 2.30. The molecular weight excluding hydrogens is 450 g/mol. The first-order valence-electron chi connectivity index (χ1n) is 9.18. The maximum atomic E-state index is 13.1. The highest BCUT2D eigenvalue weighted by Gasteiger charge is 2.15. The Morgan fingerprint density at radius 1 is 1.23 bits per heavy atom. The van der Waals surface area contributed by atoms with Gasteiger partial charge in [-0.25, -0.2) is 9.38 Å². The molecule has 2 aromatic rings. The molecule has 1 aromatic carbocycles. The number of anilines is 1. The number of aromatic nitrogens is 1. The molecule has 0 saturated carbocycles. The second kappa shape index (κ2) is 10.3. The zero-order valence-corrected chi connectivity index (χ0v) is 17.6. The molecule has 0 spiro atoms. The van der Waals surface area contributed by atoms with E-state index in [1.165, 1.54) is 30.6 Å². The standard InChI is InChI=1S/C19H19Cl2FN6O3/c20-12-1-10(17(30)15(21)3-12)5-24-16(29)9-25-18(31)11-2-14(8-23-4-11)28-19-26-6-13(22)7-27-19/h1-4,8,13,30H,5-7,9H2,(H,24,29)(H,25,31)(H2,26,27,28). The Kier molecular flexibility index (Phi) is 7.48. The van der Waals surface area contributed by atoms with Crippen LogP contribution in [0.15, 0.2) is 35.6 Å². The van der Waals surface area contributed by atoms with Gasteiger partial charge < -0.3 is 26.4 Å². The van der Waals surface area contributed by atoms with E-state index in [2.05, 4.69) is 31.2 Å². The number of hydrogen-bond donors (Lipinski definition) is 5. The number of alkyl halides is 1. The van der Waals surface area contributed by atoms with Gasteiger partial charge in [0, 0.05) is 23.3 Å². The Morgan fingerprint density at radius 3 is 2.77 bits per heavy atom. The Morgan fingerprint density at radius 2 is 2.03 bits per heavy atom.